The van der Waals surface area contributed by atoms with E-state index in [2.05, 4.69) is 73.4 Å². The SMILES string of the molecule is CCCCCCCCCCCCCC=[P+](c1ccccc1)c1ccccc1. The Bertz CT molecular complexity index is 574. The average Bonchev–Trinajstić information content (AvgIpc) is 2.73. The molecule has 146 valence electrons. The Balaban J connectivity index is 1.67. The van der Waals surface area contributed by atoms with Crippen LogP contribution in [0.2, 0.25) is 0 Å². The minimum absolute atomic E-state index is 0.314. The molecule has 0 nitrogen and oxygen atoms in total. The summed E-state index contributed by atoms with van der Waals surface area (Å²) in [5.41, 5.74) is 0. The molecule has 0 N–H and O–H groups in total. The fraction of sp³-hybridized carbons (Fsp3) is 0.500. The first-order valence-electron chi connectivity index (χ1n) is 11.1. The van der Waals surface area contributed by atoms with Crippen molar-refractivity contribution in [3.8, 4) is 0 Å². The van der Waals surface area contributed by atoms with Gasteiger partial charge in [0, 0.05) is 6.42 Å². The first kappa shape index (κ1) is 21.9. The Kier molecular flexibility index (Phi) is 11.9. The van der Waals surface area contributed by atoms with Crippen LogP contribution in [-0.2, 0) is 0 Å². The molecule has 0 aliphatic rings. The molecule has 0 aliphatic carbocycles. The van der Waals surface area contributed by atoms with Gasteiger partial charge in [-0.25, -0.2) is 0 Å². The molecule has 0 radical (unpaired) electrons. The highest BCUT2D eigenvalue weighted by Gasteiger charge is 2.16. The summed E-state index contributed by atoms with van der Waals surface area (Å²) < 4.78 is 0. The lowest BCUT2D eigenvalue weighted by Crippen LogP contribution is -2.07. The van der Waals surface area contributed by atoms with Crippen LogP contribution in [0.25, 0.3) is 0 Å². The van der Waals surface area contributed by atoms with Crippen LogP contribution in [0.1, 0.15) is 84.0 Å². The van der Waals surface area contributed by atoms with Crippen LogP contribution in [-0.4, -0.2) is 5.80 Å². The molecule has 0 saturated carbocycles. The summed E-state index contributed by atoms with van der Waals surface area (Å²) in [4.78, 5) is 0. The minimum Gasteiger partial charge on any atom is -0.0654 e. The molecule has 0 aliphatic heterocycles. The molecule has 0 saturated heterocycles. The number of hydrogen-bond donors (Lipinski definition) is 0. The lowest BCUT2D eigenvalue weighted by Gasteiger charge is -2.01. The van der Waals surface area contributed by atoms with Crippen LogP contribution in [0.5, 0.6) is 0 Å². The largest absolute Gasteiger partial charge is 0.165 e. The fourth-order valence-corrected chi connectivity index (χ4v) is 5.71. The van der Waals surface area contributed by atoms with E-state index in [0.29, 0.717) is 0 Å². The average molecular weight is 382 g/mol. The minimum atomic E-state index is -0.314. The molecule has 2 rings (SSSR count). The monoisotopic (exact) mass is 381 g/mol. The van der Waals surface area contributed by atoms with E-state index in [1.165, 1.54) is 87.7 Å². The van der Waals surface area contributed by atoms with Crippen molar-refractivity contribution in [2.75, 3.05) is 0 Å². The van der Waals surface area contributed by atoms with E-state index >= 15 is 0 Å². The summed E-state index contributed by atoms with van der Waals surface area (Å²) in [6, 6.07) is 22.1. The molecule has 2 aromatic rings. The summed E-state index contributed by atoms with van der Waals surface area (Å²) in [5.74, 6) is 2.59. The Hall–Kier alpha value is -1.39. The van der Waals surface area contributed by atoms with Crippen molar-refractivity contribution in [2.45, 2.75) is 84.0 Å². The van der Waals surface area contributed by atoms with Crippen molar-refractivity contribution < 1.29 is 0 Å². The van der Waals surface area contributed by atoms with Gasteiger partial charge in [0.25, 0.3) is 0 Å². The zero-order chi connectivity index (χ0) is 19.0. The molecule has 1 heteroatoms. The van der Waals surface area contributed by atoms with Crippen LogP contribution >= 0.6 is 7.55 Å². The van der Waals surface area contributed by atoms with Gasteiger partial charge in [0.05, 0.1) is 5.80 Å². The maximum Gasteiger partial charge on any atom is 0.165 e. The topological polar surface area (TPSA) is 0 Å². The van der Waals surface area contributed by atoms with Gasteiger partial charge in [-0.3, -0.25) is 0 Å². The Labute approximate surface area is 168 Å². The van der Waals surface area contributed by atoms with Gasteiger partial charge < -0.3 is 0 Å². The molecular formula is C26H38P+. The van der Waals surface area contributed by atoms with E-state index in [-0.39, 0.29) is 7.55 Å². The first-order valence-corrected chi connectivity index (χ1v) is 12.6. The fourth-order valence-electron chi connectivity index (χ4n) is 3.57. The second kappa shape index (κ2) is 14.6. The highest BCUT2D eigenvalue weighted by molar-refractivity contribution is 7.72. The molecule has 0 spiro atoms. The van der Waals surface area contributed by atoms with Crippen molar-refractivity contribution in [3.05, 3.63) is 60.7 Å². The predicted molar refractivity (Wildman–Crippen MR) is 126 cm³/mol. The van der Waals surface area contributed by atoms with E-state index in [9.17, 15) is 0 Å². The molecule has 0 amide bonds. The van der Waals surface area contributed by atoms with Gasteiger partial charge in [-0.15, -0.1) is 0 Å². The van der Waals surface area contributed by atoms with E-state index in [1.807, 2.05) is 0 Å². The summed E-state index contributed by atoms with van der Waals surface area (Å²) in [7, 11) is -0.314. The van der Waals surface area contributed by atoms with Gasteiger partial charge >= 0.3 is 0 Å². The van der Waals surface area contributed by atoms with Crippen LogP contribution in [0.3, 0.4) is 0 Å². The Morgan fingerprint density at radius 1 is 0.556 bits per heavy atom. The van der Waals surface area contributed by atoms with Crippen molar-refractivity contribution in [1.29, 1.82) is 0 Å². The van der Waals surface area contributed by atoms with E-state index in [1.54, 1.807) is 0 Å². The van der Waals surface area contributed by atoms with E-state index in [0.717, 1.165) is 0 Å². The summed E-state index contributed by atoms with van der Waals surface area (Å²) in [6.07, 6.45) is 16.8. The third kappa shape index (κ3) is 9.39. The van der Waals surface area contributed by atoms with Gasteiger partial charge in [-0.1, -0.05) is 108 Å². The molecule has 0 bridgehead atoms. The Morgan fingerprint density at radius 2 is 0.963 bits per heavy atom. The third-order valence-electron chi connectivity index (χ3n) is 5.19. The predicted octanol–water partition coefficient (Wildman–Crippen LogP) is 7.62. The molecule has 27 heavy (non-hydrogen) atoms. The standard InChI is InChI=1S/C26H38P/c1-2-3-4-5-6-7-8-9-10-11-12-19-24-27(25-20-15-13-16-21-25)26-22-17-14-18-23-26/h13-18,20-24H,2-12,19H2,1H3/q+1. The van der Waals surface area contributed by atoms with Gasteiger partial charge in [-0.2, -0.15) is 0 Å². The summed E-state index contributed by atoms with van der Waals surface area (Å²) >= 11 is 0. The second-order valence-corrected chi connectivity index (χ2v) is 9.69. The number of unbranched alkanes of at least 4 members (excludes halogenated alkanes) is 11. The van der Waals surface area contributed by atoms with Gasteiger partial charge in [-0.05, 0) is 30.7 Å². The molecule has 0 heterocycles. The molecule has 2 aromatic carbocycles. The first-order chi connectivity index (χ1) is 13.4. The van der Waals surface area contributed by atoms with Gasteiger partial charge in [0.15, 0.2) is 18.2 Å². The van der Waals surface area contributed by atoms with Crippen molar-refractivity contribution in [3.63, 3.8) is 0 Å². The number of hydrogen-bond acceptors (Lipinski definition) is 0. The molecule has 0 unspecified atom stereocenters. The quantitative estimate of drug-likeness (QED) is 0.233. The number of rotatable bonds is 14. The highest BCUT2D eigenvalue weighted by Crippen LogP contribution is 2.22. The van der Waals surface area contributed by atoms with Crippen molar-refractivity contribution >= 4 is 24.0 Å². The highest BCUT2D eigenvalue weighted by atomic mass is 31.1. The van der Waals surface area contributed by atoms with E-state index < -0.39 is 0 Å². The molecular weight excluding hydrogens is 343 g/mol. The van der Waals surface area contributed by atoms with Crippen LogP contribution in [0.4, 0.5) is 0 Å². The Morgan fingerprint density at radius 3 is 1.41 bits per heavy atom. The van der Waals surface area contributed by atoms with Gasteiger partial charge in [0.2, 0.25) is 0 Å². The third-order valence-corrected chi connectivity index (χ3v) is 7.52. The second-order valence-electron chi connectivity index (χ2n) is 7.55. The smallest absolute Gasteiger partial charge is 0.0654 e. The van der Waals surface area contributed by atoms with E-state index in [4.69, 9.17) is 0 Å². The van der Waals surface area contributed by atoms with Crippen LogP contribution in [0.15, 0.2) is 60.7 Å². The lowest BCUT2D eigenvalue weighted by molar-refractivity contribution is 0.552. The molecule has 0 atom stereocenters. The van der Waals surface area contributed by atoms with Gasteiger partial charge in [0.1, 0.15) is 0 Å². The summed E-state index contributed by atoms with van der Waals surface area (Å²) in [5, 5.41) is 2.95. The van der Waals surface area contributed by atoms with Crippen LogP contribution < -0.4 is 10.6 Å². The number of benzene rings is 2. The molecule has 0 aromatic heterocycles. The maximum absolute atomic E-state index is 2.59. The summed E-state index contributed by atoms with van der Waals surface area (Å²) in [6.45, 7) is 2.29. The van der Waals surface area contributed by atoms with Crippen LogP contribution in [0, 0.1) is 0 Å². The zero-order valence-electron chi connectivity index (χ0n) is 17.3. The van der Waals surface area contributed by atoms with Crippen molar-refractivity contribution in [1.82, 2.24) is 0 Å². The maximum atomic E-state index is 2.59. The zero-order valence-corrected chi connectivity index (χ0v) is 18.2. The molecule has 0 fully saturated rings. The lowest BCUT2D eigenvalue weighted by atomic mass is 10.1. The van der Waals surface area contributed by atoms with Crippen molar-refractivity contribution in [2.24, 2.45) is 0 Å². The normalized spacial score (nSPS) is 10.7.